The summed E-state index contributed by atoms with van der Waals surface area (Å²) < 4.78 is 10.1. The van der Waals surface area contributed by atoms with Crippen LogP contribution in [0.4, 0.5) is 0 Å². The largest absolute Gasteiger partial charge is 0.496 e. The molecule has 0 radical (unpaired) electrons. The maximum absolute atomic E-state index is 11.8. The molecule has 1 rings (SSSR count). The minimum absolute atomic E-state index is 0.292. The van der Waals surface area contributed by atoms with Crippen molar-refractivity contribution >= 4 is 23.6 Å². The lowest BCUT2D eigenvalue weighted by atomic mass is 10.2. The number of thioether (sulfide) groups is 1. The van der Waals surface area contributed by atoms with Crippen LogP contribution in [0.1, 0.15) is 17.3 Å². The molecule has 104 valence electrons. The average molecular weight is 283 g/mol. The first-order valence-corrected chi connectivity index (χ1v) is 7.00. The zero-order chi connectivity index (χ0) is 14.3. The molecule has 1 N–H and O–H groups in total. The van der Waals surface area contributed by atoms with Gasteiger partial charge in [0.25, 0.3) is 5.91 Å². The van der Waals surface area contributed by atoms with Crippen LogP contribution in [0.5, 0.6) is 5.75 Å². The van der Waals surface area contributed by atoms with Crippen molar-refractivity contribution in [2.75, 3.05) is 26.5 Å². The van der Waals surface area contributed by atoms with Crippen molar-refractivity contribution in [3.8, 4) is 5.75 Å². The second-order valence-electron chi connectivity index (χ2n) is 3.60. The molecule has 0 atom stereocenters. The molecule has 0 aliphatic rings. The van der Waals surface area contributed by atoms with E-state index in [9.17, 15) is 9.59 Å². The number of nitrogens with one attached hydrogen (secondary N) is 1. The van der Waals surface area contributed by atoms with Crippen LogP contribution < -0.4 is 10.1 Å². The molecule has 0 fully saturated rings. The summed E-state index contributed by atoms with van der Waals surface area (Å²) in [5.74, 6) is -0.459. The Bertz CT molecular complexity index is 462. The molecule has 1 aromatic carbocycles. The van der Waals surface area contributed by atoms with E-state index in [1.807, 2.05) is 6.26 Å². The van der Waals surface area contributed by atoms with Crippen molar-refractivity contribution in [2.45, 2.75) is 11.8 Å². The number of likely N-dealkylation sites (N-methyl/N-ethyl adjacent to an activating group) is 1. The monoisotopic (exact) mass is 283 g/mol. The van der Waals surface area contributed by atoms with E-state index in [1.165, 1.54) is 7.11 Å². The van der Waals surface area contributed by atoms with Gasteiger partial charge in [-0.1, -0.05) is 0 Å². The Morgan fingerprint density at radius 3 is 2.68 bits per heavy atom. The molecule has 5 nitrogen and oxygen atoms in total. The fourth-order valence-electron chi connectivity index (χ4n) is 1.42. The van der Waals surface area contributed by atoms with E-state index in [0.29, 0.717) is 17.9 Å². The highest BCUT2D eigenvalue weighted by atomic mass is 32.2. The lowest BCUT2D eigenvalue weighted by Gasteiger charge is -2.09. The molecule has 0 spiro atoms. The first-order chi connectivity index (χ1) is 9.12. The van der Waals surface area contributed by atoms with Gasteiger partial charge >= 0.3 is 5.97 Å². The number of ether oxygens (including phenoxy) is 2. The first kappa shape index (κ1) is 15.4. The van der Waals surface area contributed by atoms with E-state index in [0.717, 1.165) is 4.90 Å². The van der Waals surface area contributed by atoms with Crippen molar-refractivity contribution in [1.29, 1.82) is 0 Å². The van der Waals surface area contributed by atoms with Gasteiger partial charge in [-0.25, -0.2) is 4.79 Å². The SMILES string of the molecule is CCNC(=O)COC(=O)c1ccc(SC)cc1OC. The highest BCUT2D eigenvalue weighted by Crippen LogP contribution is 2.25. The first-order valence-electron chi connectivity index (χ1n) is 5.78. The molecule has 19 heavy (non-hydrogen) atoms. The quantitative estimate of drug-likeness (QED) is 0.636. The lowest BCUT2D eigenvalue weighted by Crippen LogP contribution is -2.28. The van der Waals surface area contributed by atoms with Crippen LogP contribution in [-0.2, 0) is 9.53 Å². The zero-order valence-corrected chi connectivity index (χ0v) is 12.0. The van der Waals surface area contributed by atoms with Gasteiger partial charge in [-0.15, -0.1) is 11.8 Å². The fourth-order valence-corrected chi connectivity index (χ4v) is 1.85. The Morgan fingerprint density at radius 1 is 1.37 bits per heavy atom. The molecular weight excluding hydrogens is 266 g/mol. The predicted octanol–water partition coefficient (Wildman–Crippen LogP) is 1.71. The summed E-state index contributed by atoms with van der Waals surface area (Å²) in [6.45, 7) is 2.01. The van der Waals surface area contributed by atoms with E-state index >= 15 is 0 Å². The number of rotatable bonds is 6. The van der Waals surface area contributed by atoms with E-state index in [2.05, 4.69) is 5.32 Å². The van der Waals surface area contributed by atoms with Crippen molar-refractivity contribution in [1.82, 2.24) is 5.32 Å². The van der Waals surface area contributed by atoms with Gasteiger partial charge in [0.15, 0.2) is 6.61 Å². The van der Waals surface area contributed by atoms with E-state index in [-0.39, 0.29) is 12.5 Å². The number of amides is 1. The fraction of sp³-hybridized carbons (Fsp3) is 0.385. The van der Waals surface area contributed by atoms with Gasteiger partial charge in [0.05, 0.1) is 7.11 Å². The molecule has 1 aromatic rings. The predicted molar refractivity (Wildman–Crippen MR) is 73.7 cm³/mol. The van der Waals surface area contributed by atoms with E-state index in [1.54, 1.807) is 36.9 Å². The molecular formula is C13H17NO4S. The molecule has 0 saturated carbocycles. The third-order valence-corrected chi connectivity index (χ3v) is 3.06. The molecule has 0 bridgehead atoms. The van der Waals surface area contributed by atoms with Gasteiger partial charge in [-0.05, 0) is 31.4 Å². The zero-order valence-electron chi connectivity index (χ0n) is 11.2. The number of carbonyl (C=O) groups is 2. The molecule has 6 heteroatoms. The lowest BCUT2D eigenvalue weighted by molar-refractivity contribution is -0.124. The van der Waals surface area contributed by atoms with Crippen LogP contribution in [-0.4, -0.2) is 38.4 Å². The van der Waals surface area contributed by atoms with Crippen LogP contribution in [0.2, 0.25) is 0 Å². The molecule has 0 aromatic heterocycles. The number of carbonyl (C=O) groups excluding carboxylic acids is 2. The molecule has 1 amide bonds. The van der Waals surface area contributed by atoms with Gasteiger partial charge < -0.3 is 14.8 Å². The summed E-state index contributed by atoms with van der Waals surface area (Å²) in [5, 5.41) is 2.55. The molecule has 0 heterocycles. The Labute approximate surface area is 116 Å². The minimum Gasteiger partial charge on any atom is -0.496 e. The molecule has 0 saturated heterocycles. The van der Waals surface area contributed by atoms with Gasteiger partial charge in [0.2, 0.25) is 0 Å². The number of hydrogen-bond acceptors (Lipinski definition) is 5. The van der Waals surface area contributed by atoms with Crippen molar-refractivity contribution in [3.05, 3.63) is 23.8 Å². The average Bonchev–Trinajstić information content (AvgIpc) is 2.44. The number of methoxy groups -OCH3 is 1. The van der Waals surface area contributed by atoms with Crippen LogP contribution in [0.25, 0.3) is 0 Å². The number of hydrogen-bond donors (Lipinski definition) is 1. The van der Waals surface area contributed by atoms with Crippen LogP contribution >= 0.6 is 11.8 Å². The Morgan fingerprint density at radius 2 is 2.11 bits per heavy atom. The molecule has 0 unspecified atom stereocenters. The summed E-state index contributed by atoms with van der Waals surface area (Å²) in [6, 6.07) is 5.19. The van der Waals surface area contributed by atoms with Crippen molar-refractivity contribution in [3.63, 3.8) is 0 Å². The normalized spacial score (nSPS) is 9.84. The third-order valence-electron chi connectivity index (χ3n) is 2.34. The van der Waals surface area contributed by atoms with Gasteiger partial charge in [-0.3, -0.25) is 4.79 Å². The van der Waals surface area contributed by atoms with E-state index < -0.39 is 5.97 Å². The Kier molecular flexibility index (Phi) is 6.21. The summed E-state index contributed by atoms with van der Waals surface area (Å²) in [4.78, 5) is 24.0. The number of esters is 1. The Hall–Kier alpha value is -1.69. The smallest absolute Gasteiger partial charge is 0.342 e. The van der Waals surface area contributed by atoms with Crippen molar-refractivity contribution < 1.29 is 19.1 Å². The van der Waals surface area contributed by atoms with Crippen LogP contribution in [0.15, 0.2) is 23.1 Å². The third kappa shape index (κ3) is 4.48. The maximum atomic E-state index is 11.8. The summed E-state index contributed by atoms with van der Waals surface area (Å²) in [5.41, 5.74) is 0.310. The van der Waals surface area contributed by atoms with E-state index in [4.69, 9.17) is 9.47 Å². The highest BCUT2D eigenvalue weighted by Gasteiger charge is 2.15. The second-order valence-corrected chi connectivity index (χ2v) is 4.48. The second kappa shape index (κ2) is 7.68. The standard InChI is InChI=1S/C13H17NO4S/c1-4-14-12(15)8-18-13(16)10-6-5-9(19-3)7-11(10)17-2/h5-7H,4,8H2,1-3H3,(H,14,15). The Balaban J connectivity index is 2.73. The van der Waals surface area contributed by atoms with Crippen LogP contribution in [0, 0.1) is 0 Å². The molecule has 0 aliphatic carbocycles. The summed E-state index contributed by atoms with van der Waals surface area (Å²) in [6.07, 6.45) is 1.93. The van der Waals surface area contributed by atoms with Gasteiger partial charge in [0.1, 0.15) is 11.3 Å². The summed E-state index contributed by atoms with van der Waals surface area (Å²) in [7, 11) is 1.49. The van der Waals surface area contributed by atoms with Gasteiger partial charge in [0, 0.05) is 11.4 Å². The van der Waals surface area contributed by atoms with Crippen molar-refractivity contribution in [2.24, 2.45) is 0 Å². The number of benzene rings is 1. The summed E-state index contributed by atoms with van der Waals surface area (Å²) >= 11 is 1.55. The topological polar surface area (TPSA) is 64.6 Å². The molecule has 0 aliphatic heterocycles. The highest BCUT2D eigenvalue weighted by molar-refractivity contribution is 7.98. The minimum atomic E-state index is -0.573. The van der Waals surface area contributed by atoms with Crippen LogP contribution in [0.3, 0.4) is 0 Å². The maximum Gasteiger partial charge on any atom is 0.342 e. The van der Waals surface area contributed by atoms with Gasteiger partial charge in [-0.2, -0.15) is 0 Å².